The minimum absolute atomic E-state index is 0.0920. The van der Waals surface area contributed by atoms with Crippen molar-refractivity contribution in [2.24, 2.45) is 0 Å². The lowest BCUT2D eigenvalue weighted by atomic mass is 10.1. The van der Waals surface area contributed by atoms with E-state index in [9.17, 15) is 4.79 Å². The van der Waals surface area contributed by atoms with Gasteiger partial charge in [0.15, 0.2) is 0 Å². The first-order chi connectivity index (χ1) is 8.15. The van der Waals surface area contributed by atoms with Gasteiger partial charge in [0.05, 0.1) is 5.52 Å². The Hall–Kier alpha value is -1.81. The third-order valence-corrected chi connectivity index (χ3v) is 3.30. The highest BCUT2D eigenvalue weighted by Gasteiger charge is 2.05. The Balaban J connectivity index is 2.62. The largest absolute Gasteiger partial charge is 0.399 e. The molecule has 0 aliphatic heterocycles. The lowest BCUT2D eigenvalue weighted by molar-refractivity contribution is 1.34. The molecule has 0 bridgehead atoms. The van der Waals surface area contributed by atoms with Gasteiger partial charge in [-0.25, -0.2) is 0 Å². The number of hydrogen-bond donors (Lipinski definition) is 2. The summed E-state index contributed by atoms with van der Waals surface area (Å²) in [6.45, 7) is 0. The van der Waals surface area contributed by atoms with Crippen molar-refractivity contribution in [1.29, 1.82) is 0 Å². The van der Waals surface area contributed by atoms with Crippen molar-refractivity contribution in [3.05, 3.63) is 51.2 Å². The average Bonchev–Trinajstić information content (AvgIpc) is 2.28. The van der Waals surface area contributed by atoms with E-state index >= 15 is 0 Å². The fourth-order valence-corrected chi connectivity index (χ4v) is 2.39. The lowest BCUT2D eigenvalue weighted by Gasteiger charge is -2.04. The number of fused-ring (bicyclic) bond motifs is 3. The minimum atomic E-state index is -0.0920. The molecule has 0 amide bonds. The molecule has 0 spiro atoms. The van der Waals surface area contributed by atoms with Crippen molar-refractivity contribution in [3.63, 3.8) is 0 Å². The third-order valence-electron chi connectivity index (χ3n) is 2.81. The number of aromatic nitrogens is 1. The van der Waals surface area contributed by atoms with Gasteiger partial charge in [-0.1, -0.05) is 22.0 Å². The van der Waals surface area contributed by atoms with Gasteiger partial charge in [0.25, 0.3) is 5.56 Å². The first-order valence-electron chi connectivity index (χ1n) is 5.16. The molecule has 4 heteroatoms. The van der Waals surface area contributed by atoms with Crippen molar-refractivity contribution in [2.75, 3.05) is 5.73 Å². The second-order valence-corrected chi connectivity index (χ2v) is 4.86. The maximum atomic E-state index is 11.9. The molecule has 0 aliphatic carbocycles. The Kier molecular flexibility index (Phi) is 2.19. The summed E-state index contributed by atoms with van der Waals surface area (Å²) >= 11 is 3.42. The molecule has 0 radical (unpaired) electrons. The van der Waals surface area contributed by atoms with Crippen molar-refractivity contribution in [3.8, 4) is 0 Å². The van der Waals surface area contributed by atoms with Crippen LogP contribution in [0.25, 0.3) is 21.7 Å². The topological polar surface area (TPSA) is 58.9 Å². The smallest absolute Gasteiger partial charge is 0.256 e. The van der Waals surface area contributed by atoms with Gasteiger partial charge in [-0.15, -0.1) is 0 Å². The monoisotopic (exact) mass is 288 g/mol. The summed E-state index contributed by atoms with van der Waals surface area (Å²) in [5.74, 6) is 0. The predicted molar refractivity (Wildman–Crippen MR) is 74.2 cm³/mol. The standard InChI is InChI=1S/C13H9BrN2O/c14-7-1-3-10-11(5-7)9-4-2-8(15)6-12(9)16-13(10)17/h1-6H,15H2,(H,16,17). The Morgan fingerprint density at radius 1 is 1.00 bits per heavy atom. The van der Waals surface area contributed by atoms with Crippen LogP contribution in [0.15, 0.2) is 45.7 Å². The van der Waals surface area contributed by atoms with Crippen LogP contribution < -0.4 is 11.3 Å². The molecule has 0 aliphatic rings. The molecule has 1 heterocycles. The highest BCUT2D eigenvalue weighted by Crippen LogP contribution is 2.25. The van der Waals surface area contributed by atoms with Crippen LogP contribution in [0.3, 0.4) is 0 Å². The maximum absolute atomic E-state index is 11.9. The number of nitrogens with two attached hydrogens (primary N) is 1. The third kappa shape index (κ3) is 1.61. The number of halogens is 1. The molecule has 84 valence electrons. The minimum Gasteiger partial charge on any atom is -0.399 e. The van der Waals surface area contributed by atoms with E-state index in [1.54, 1.807) is 6.07 Å². The number of pyridine rings is 1. The van der Waals surface area contributed by atoms with Crippen LogP contribution >= 0.6 is 15.9 Å². The zero-order chi connectivity index (χ0) is 12.0. The zero-order valence-corrected chi connectivity index (χ0v) is 10.4. The number of benzene rings is 2. The van der Waals surface area contributed by atoms with Crippen molar-refractivity contribution >= 4 is 43.3 Å². The van der Waals surface area contributed by atoms with E-state index in [1.165, 1.54) is 0 Å². The van der Waals surface area contributed by atoms with E-state index in [2.05, 4.69) is 20.9 Å². The summed E-state index contributed by atoms with van der Waals surface area (Å²) < 4.78 is 0.953. The summed E-state index contributed by atoms with van der Waals surface area (Å²) in [6.07, 6.45) is 0. The van der Waals surface area contributed by atoms with Gasteiger partial charge < -0.3 is 10.7 Å². The van der Waals surface area contributed by atoms with Crippen molar-refractivity contribution < 1.29 is 0 Å². The quantitative estimate of drug-likeness (QED) is 0.493. The van der Waals surface area contributed by atoms with Crippen LogP contribution in [0.5, 0.6) is 0 Å². The number of anilines is 1. The van der Waals surface area contributed by atoms with Crippen molar-refractivity contribution in [2.45, 2.75) is 0 Å². The van der Waals surface area contributed by atoms with Gasteiger partial charge in [-0.3, -0.25) is 4.79 Å². The van der Waals surface area contributed by atoms with E-state index in [1.807, 2.05) is 30.3 Å². The second kappa shape index (κ2) is 3.60. The van der Waals surface area contributed by atoms with Crippen LogP contribution in [0, 0.1) is 0 Å². The number of rotatable bonds is 0. The zero-order valence-electron chi connectivity index (χ0n) is 8.83. The average molecular weight is 289 g/mol. The molecule has 1 aromatic heterocycles. The number of H-pyrrole nitrogens is 1. The van der Waals surface area contributed by atoms with Crippen LogP contribution in [0.2, 0.25) is 0 Å². The number of hydrogen-bond acceptors (Lipinski definition) is 2. The Morgan fingerprint density at radius 2 is 1.76 bits per heavy atom. The van der Waals surface area contributed by atoms with E-state index < -0.39 is 0 Å². The highest BCUT2D eigenvalue weighted by atomic mass is 79.9. The lowest BCUT2D eigenvalue weighted by Crippen LogP contribution is -2.06. The molecule has 0 unspecified atom stereocenters. The first kappa shape index (κ1) is 10.4. The Labute approximate surface area is 105 Å². The van der Waals surface area contributed by atoms with E-state index in [-0.39, 0.29) is 5.56 Å². The van der Waals surface area contributed by atoms with E-state index in [4.69, 9.17) is 5.73 Å². The van der Waals surface area contributed by atoms with Crippen LogP contribution in [-0.2, 0) is 0 Å². The summed E-state index contributed by atoms with van der Waals surface area (Å²) in [6, 6.07) is 11.2. The van der Waals surface area contributed by atoms with Gasteiger partial charge in [0, 0.05) is 20.9 Å². The fraction of sp³-hybridized carbons (Fsp3) is 0. The van der Waals surface area contributed by atoms with E-state index in [0.717, 1.165) is 20.8 Å². The molecular weight excluding hydrogens is 280 g/mol. The van der Waals surface area contributed by atoms with Gasteiger partial charge in [0.2, 0.25) is 0 Å². The second-order valence-electron chi connectivity index (χ2n) is 3.95. The molecule has 3 aromatic rings. The molecule has 0 atom stereocenters. The predicted octanol–water partition coefficient (Wildman–Crippen LogP) is 3.03. The van der Waals surface area contributed by atoms with Crippen LogP contribution in [-0.4, -0.2) is 4.98 Å². The molecular formula is C13H9BrN2O. The van der Waals surface area contributed by atoms with Crippen LogP contribution in [0.1, 0.15) is 0 Å². The molecule has 3 N–H and O–H groups in total. The summed E-state index contributed by atoms with van der Waals surface area (Å²) in [7, 11) is 0. The molecule has 0 saturated heterocycles. The summed E-state index contributed by atoms with van der Waals surface area (Å²) in [5.41, 5.74) is 7.03. The number of nitrogens with one attached hydrogen (secondary N) is 1. The molecule has 0 saturated carbocycles. The van der Waals surface area contributed by atoms with Gasteiger partial charge in [0.1, 0.15) is 0 Å². The Bertz CT molecular complexity index is 792. The Morgan fingerprint density at radius 3 is 2.59 bits per heavy atom. The van der Waals surface area contributed by atoms with Crippen LogP contribution in [0.4, 0.5) is 5.69 Å². The summed E-state index contributed by atoms with van der Waals surface area (Å²) in [4.78, 5) is 14.7. The van der Waals surface area contributed by atoms with E-state index in [0.29, 0.717) is 11.1 Å². The maximum Gasteiger partial charge on any atom is 0.256 e. The molecule has 2 aromatic carbocycles. The van der Waals surface area contributed by atoms with Crippen molar-refractivity contribution in [1.82, 2.24) is 4.98 Å². The van der Waals surface area contributed by atoms with Gasteiger partial charge in [-0.05, 0) is 35.7 Å². The summed E-state index contributed by atoms with van der Waals surface area (Å²) in [5, 5.41) is 2.61. The first-order valence-corrected chi connectivity index (χ1v) is 5.95. The molecule has 3 rings (SSSR count). The fourth-order valence-electron chi connectivity index (χ4n) is 2.03. The molecule has 17 heavy (non-hydrogen) atoms. The molecule has 3 nitrogen and oxygen atoms in total. The van der Waals surface area contributed by atoms with Gasteiger partial charge in [-0.2, -0.15) is 0 Å². The van der Waals surface area contributed by atoms with Gasteiger partial charge >= 0.3 is 0 Å². The molecule has 0 fully saturated rings. The number of nitrogen functional groups attached to an aromatic ring is 1. The highest BCUT2D eigenvalue weighted by molar-refractivity contribution is 9.10. The normalized spacial score (nSPS) is 11.1. The SMILES string of the molecule is Nc1ccc2c(c1)[nH]c(=O)c1ccc(Br)cc12. The number of aromatic amines is 1.